The first kappa shape index (κ1) is 18.3. The van der Waals surface area contributed by atoms with Gasteiger partial charge in [-0.15, -0.1) is 11.8 Å². The molecule has 26 heavy (non-hydrogen) atoms. The summed E-state index contributed by atoms with van der Waals surface area (Å²) in [5.74, 6) is 0.510. The standard InChI is InChI=1S/C21H21NO3S/c1-12-7-13(2)21(14(3)8-12)26-11-16-9-20(24)25-19-10-17(22-15(4)23)5-6-18(16)19/h5-10H,11H2,1-4H3,(H,22,23). The molecule has 4 nitrogen and oxygen atoms in total. The Morgan fingerprint density at radius 3 is 2.42 bits per heavy atom. The molecule has 5 heteroatoms. The van der Waals surface area contributed by atoms with Gasteiger partial charge in [0.2, 0.25) is 5.91 Å². The smallest absolute Gasteiger partial charge is 0.336 e. The number of amides is 1. The van der Waals surface area contributed by atoms with Gasteiger partial charge in [-0.2, -0.15) is 0 Å². The number of benzene rings is 2. The molecule has 0 fully saturated rings. The molecular weight excluding hydrogens is 346 g/mol. The molecule has 3 rings (SSSR count). The number of aryl methyl sites for hydroxylation is 3. The number of thioether (sulfide) groups is 1. The molecule has 0 atom stereocenters. The maximum absolute atomic E-state index is 12.0. The van der Waals surface area contributed by atoms with Crippen molar-refractivity contribution in [3.8, 4) is 0 Å². The lowest BCUT2D eigenvalue weighted by Crippen LogP contribution is -2.06. The summed E-state index contributed by atoms with van der Waals surface area (Å²) in [5, 5.41) is 3.59. The molecule has 1 heterocycles. The maximum Gasteiger partial charge on any atom is 0.336 e. The molecule has 0 bridgehead atoms. The largest absolute Gasteiger partial charge is 0.423 e. The fourth-order valence-corrected chi connectivity index (χ4v) is 4.29. The van der Waals surface area contributed by atoms with Crippen LogP contribution in [-0.2, 0) is 10.5 Å². The van der Waals surface area contributed by atoms with E-state index in [2.05, 4.69) is 38.2 Å². The van der Waals surface area contributed by atoms with Crippen LogP contribution in [0.2, 0.25) is 0 Å². The number of nitrogens with one attached hydrogen (secondary N) is 1. The molecule has 0 aliphatic heterocycles. The number of rotatable bonds is 4. The zero-order valence-electron chi connectivity index (χ0n) is 15.3. The molecule has 1 N–H and O–H groups in total. The van der Waals surface area contributed by atoms with Crippen molar-refractivity contribution in [2.75, 3.05) is 5.32 Å². The maximum atomic E-state index is 12.0. The van der Waals surface area contributed by atoms with Crippen LogP contribution in [0.5, 0.6) is 0 Å². The molecule has 0 unspecified atom stereocenters. The minimum Gasteiger partial charge on any atom is -0.423 e. The molecule has 1 aromatic heterocycles. The predicted molar refractivity (Wildman–Crippen MR) is 107 cm³/mol. The van der Waals surface area contributed by atoms with E-state index in [1.165, 1.54) is 28.5 Å². The predicted octanol–water partition coefficient (Wildman–Crippen LogP) is 4.97. The monoisotopic (exact) mass is 367 g/mol. The van der Waals surface area contributed by atoms with Gasteiger partial charge in [0, 0.05) is 40.8 Å². The summed E-state index contributed by atoms with van der Waals surface area (Å²) in [4.78, 5) is 24.4. The van der Waals surface area contributed by atoms with Gasteiger partial charge < -0.3 is 9.73 Å². The summed E-state index contributed by atoms with van der Waals surface area (Å²) >= 11 is 1.72. The molecule has 0 saturated carbocycles. The summed E-state index contributed by atoms with van der Waals surface area (Å²) in [6.45, 7) is 7.76. The Balaban J connectivity index is 1.95. The van der Waals surface area contributed by atoms with Gasteiger partial charge in [0.1, 0.15) is 5.58 Å². The van der Waals surface area contributed by atoms with E-state index in [9.17, 15) is 9.59 Å². The van der Waals surface area contributed by atoms with Gasteiger partial charge >= 0.3 is 5.63 Å². The highest BCUT2D eigenvalue weighted by Crippen LogP contribution is 2.32. The minimum absolute atomic E-state index is 0.163. The Labute approximate surface area is 156 Å². The SMILES string of the molecule is CC(=O)Nc1ccc2c(CSc3c(C)cc(C)cc3C)cc(=O)oc2c1. The van der Waals surface area contributed by atoms with E-state index in [4.69, 9.17) is 4.42 Å². The van der Waals surface area contributed by atoms with Crippen molar-refractivity contribution in [2.45, 2.75) is 38.3 Å². The van der Waals surface area contributed by atoms with Crippen LogP contribution in [0.3, 0.4) is 0 Å². The van der Waals surface area contributed by atoms with E-state index in [-0.39, 0.29) is 11.5 Å². The third-order valence-corrected chi connectivity index (χ3v) is 5.52. The number of carbonyl (C=O) groups is 1. The second-order valence-electron chi connectivity index (χ2n) is 6.50. The van der Waals surface area contributed by atoms with Crippen LogP contribution in [0.4, 0.5) is 5.69 Å². The van der Waals surface area contributed by atoms with Crippen LogP contribution in [0.1, 0.15) is 29.2 Å². The van der Waals surface area contributed by atoms with Crippen LogP contribution < -0.4 is 10.9 Å². The van der Waals surface area contributed by atoms with E-state index in [0.29, 0.717) is 17.0 Å². The summed E-state index contributed by atoms with van der Waals surface area (Å²) in [6.07, 6.45) is 0. The molecule has 0 saturated heterocycles. The van der Waals surface area contributed by atoms with Crippen LogP contribution in [-0.4, -0.2) is 5.91 Å². The topological polar surface area (TPSA) is 59.3 Å². The summed E-state index contributed by atoms with van der Waals surface area (Å²) in [7, 11) is 0. The molecular formula is C21H21NO3S. The average molecular weight is 367 g/mol. The molecule has 0 aliphatic rings. The number of fused-ring (bicyclic) bond motifs is 1. The third kappa shape index (κ3) is 3.99. The zero-order chi connectivity index (χ0) is 18.8. The van der Waals surface area contributed by atoms with E-state index in [1.54, 1.807) is 23.9 Å². The van der Waals surface area contributed by atoms with E-state index in [1.807, 2.05) is 12.1 Å². The zero-order valence-corrected chi connectivity index (χ0v) is 16.1. The Morgan fingerprint density at radius 2 is 1.77 bits per heavy atom. The van der Waals surface area contributed by atoms with Crippen molar-refractivity contribution in [2.24, 2.45) is 0 Å². The Hall–Kier alpha value is -2.53. The lowest BCUT2D eigenvalue weighted by Gasteiger charge is -2.12. The molecule has 2 aromatic carbocycles. The van der Waals surface area contributed by atoms with Gasteiger partial charge in [-0.3, -0.25) is 4.79 Å². The second-order valence-corrected chi connectivity index (χ2v) is 7.48. The lowest BCUT2D eigenvalue weighted by molar-refractivity contribution is -0.114. The van der Waals surface area contributed by atoms with Gasteiger partial charge in [0.05, 0.1) is 0 Å². The highest BCUT2D eigenvalue weighted by molar-refractivity contribution is 7.98. The summed E-state index contributed by atoms with van der Waals surface area (Å²) in [5.41, 5.74) is 5.38. The fourth-order valence-electron chi connectivity index (χ4n) is 3.17. The lowest BCUT2D eigenvalue weighted by atomic mass is 10.1. The van der Waals surface area contributed by atoms with Gasteiger partial charge in [0.15, 0.2) is 0 Å². The number of hydrogen-bond acceptors (Lipinski definition) is 4. The van der Waals surface area contributed by atoms with Gasteiger partial charge in [-0.05, 0) is 49.6 Å². The second kappa shape index (κ2) is 7.38. The molecule has 0 radical (unpaired) electrons. The molecule has 134 valence electrons. The van der Waals surface area contributed by atoms with E-state index in [0.717, 1.165) is 10.9 Å². The first-order valence-electron chi connectivity index (χ1n) is 8.38. The number of hydrogen-bond donors (Lipinski definition) is 1. The Kier molecular flexibility index (Phi) is 5.18. The highest BCUT2D eigenvalue weighted by Gasteiger charge is 2.10. The number of carbonyl (C=O) groups excluding carboxylic acids is 1. The third-order valence-electron chi connectivity index (χ3n) is 4.13. The van der Waals surface area contributed by atoms with E-state index < -0.39 is 0 Å². The molecule has 1 amide bonds. The molecule has 3 aromatic rings. The van der Waals surface area contributed by atoms with Crippen LogP contribution in [0, 0.1) is 20.8 Å². The molecule has 0 aliphatic carbocycles. The van der Waals surface area contributed by atoms with Crippen LogP contribution in [0.25, 0.3) is 11.0 Å². The van der Waals surface area contributed by atoms with Crippen molar-refractivity contribution < 1.29 is 9.21 Å². The average Bonchev–Trinajstić information content (AvgIpc) is 2.52. The van der Waals surface area contributed by atoms with Crippen molar-refractivity contribution in [3.63, 3.8) is 0 Å². The quantitative estimate of drug-likeness (QED) is 0.522. The van der Waals surface area contributed by atoms with Crippen molar-refractivity contribution in [1.82, 2.24) is 0 Å². The van der Waals surface area contributed by atoms with Crippen molar-refractivity contribution in [3.05, 3.63) is 69.1 Å². The Bertz CT molecular complexity index is 1030. The number of anilines is 1. The Morgan fingerprint density at radius 1 is 1.08 bits per heavy atom. The highest BCUT2D eigenvalue weighted by atomic mass is 32.2. The fraction of sp³-hybridized carbons (Fsp3) is 0.238. The van der Waals surface area contributed by atoms with Gasteiger partial charge in [-0.25, -0.2) is 4.79 Å². The van der Waals surface area contributed by atoms with Crippen LogP contribution in [0.15, 0.2) is 50.5 Å². The summed E-state index contributed by atoms with van der Waals surface area (Å²) < 4.78 is 5.32. The van der Waals surface area contributed by atoms with Crippen molar-refractivity contribution >= 4 is 34.3 Å². The minimum atomic E-state index is -0.384. The van der Waals surface area contributed by atoms with Gasteiger partial charge in [-0.1, -0.05) is 17.7 Å². The van der Waals surface area contributed by atoms with Gasteiger partial charge in [0.25, 0.3) is 0 Å². The first-order chi connectivity index (χ1) is 12.3. The normalized spacial score (nSPS) is 10.9. The van der Waals surface area contributed by atoms with Crippen LogP contribution >= 0.6 is 11.8 Å². The first-order valence-corrected chi connectivity index (χ1v) is 9.37. The van der Waals surface area contributed by atoms with Crippen molar-refractivity contribution in [1.29, 1.82) is 0 Å². The van der Waals surface area contributed by atoms with E-state index >= 15 is 0 Å². The molecule has 0 spiro atoms. The summed E-state index contributed by atoms with van der Waals surface area (Å²) in [6, 6.07) is 11.3.